The van der Waals surface area contributed by atoms with Crippen molar-refractivity contribution in [2.45, 2.75) is 0 Å². The van der Waals surface area contributed by atoms with Crippen LogP contribution in [0.1, 0.15) is 5.56 Å². The summed E-state index contributed by atoms with van der Waals surface area (Å²) in [5, 5.41) is 25.4. The number of rotatable bonds is 3. The van der Waals surface area contributed by atoms with Crippen LogP contribution in [0.5, 0.6) is 5.88 Å². The zero-order chi connectivity index (χ0) is 18.1. The monoisotopic (exact) mass is 366 g/mol. The maximum absolute atomic E-state index is 12.9. The molecule has 0 saturated heterocycles. The van der Waals surface area contributed by atoms with Crippen molar-refractivity contribution in [2.75, 3.05) is 0 Å². The topological polar surface area (TPSA) is 109 Å². The van der Waals surface area contributed by atoms with Gasteiger partial charge in [-0.15, -0.1) is 5.10 Å². The fourth-order valence-electron chi connectivity index (χ4n) is 2.68. The number of aliphatic imine (C=N–C) groups is 1. The molecule has 0 unspecified atom stereocenters. The standard InChI is InChI=1S/C17H11ClN6O2/c18-10-4-3-5-11(8-10)24-15(25)13-7-2-1-6-12(13)14(16(24)26)9-19-17-20-22-23-21-17/h1-9,26H,(H,20,21,22,23)/b19-9+. The van der Waals surface area contributed by atoms with E-state index in [2.05, 4.69) is 25.6 Å². The van der Waals surface area contributed by atoms with Crippen molar-refractivity contribution in [2.24, 2.45) is 4.99 Å². The summed E-state index contributed by atoms with van der Waals surface area (Å²) in [4.78, 5) is 17.0. The van der Waals surface area contributed by atoms with Crippen molar-refractivity contribution in [1.29, 1.82) is 0 Å². The average molecular weight is 367 g/mol. The Morgan fingerprint density at radius 2 is 1.96 bits per heavy atom. The van der Waals surface area contributed by atoms with Crippen LogP contribution in [0.25, 0.3) is 16.5 Å². The molecule has 0 amide bonds. The quantitative estimate of drug-likeness (QED) is 0.542. The van der Waals surface area contributed by atoms with E-state index in [1.165, 1.54) is 10.8 Å². The Balaban J connectivity index is 2.03. The van der Waals surface area contributed by atoms with Crippen molar-refractivity contribution in [3.63, 3.8) is 0 Å². The fourth-order valence-corrected chi connectivity index (χ4v) is 2.86. The van der Waals surface area contributed by atoms with Gasteiger partial charge in [0.05, 0.1) is 11.3 Å². The highest BCUT2D eigenvalue weighted by Crippen LogP contribution is 2.27. The molecule has 4 aromatic rings. The van der Waals surface area contributed by atoms with Crippen molar-refractivity contribution in [3.05, 3.63) is 69.5 Å². The van der Waals surface area contributed by atoms with Crippen LogP contribution in [0.15, 0.2) is 58.3 Å². The Labute approximate surface area is 151 Å². The second-order valence-corrected chi connectivity index (χ2v) is 5.81. The normalized spacial score (nSPS) is 11.4. The van der Waals surface area contributed by atoms with Crippen LogP contribution in [0.4, 0.5) is 5.95 Å². The second kappa shape index (κ2) is 6.41. The molecule has 2 N–H and O–H groups in total. The number of halogens is 1. The molecular weight excluding hydrogens is 356 g/mol. The van der Waals surface area contributed by atoms with Gasteiger partial charge in [0, 0.05) is 22.0 Å². The number of aromatic amines is 1. The SMILES string of the molecule is O=c1c2ccccc2c(/C=N/c2nn[nH]n2)c(O)n1-c1cccc(Cl)c1. The minimum Gasteiger partial charge on any atom is -0.494 e. The van der Waals surface area contributed by atoms with Crippen LogP contribution in [-0.4, -0.2) is 36.5 Å². The molecule has 2 aromatic carbocycles. The number of aromatic hydroxyl groups is 1. The number of nitrogens with one attached hydrogen (secondary N) is 1. The Morgan fingerprint density at radius 1 is 1.15 bits per heavy atom. The molecule has 26 heavy (non-hydrogen) atoms. The minimum absolute atomic E-state index is 0.106. The largest absolute Gasteiger partial charge is 0.494 e. The average Bonchev–Trinajstić information content (AvgIpc) is 3.15. The number of hydrogen-bond donors (Lipinski definition) is 2. The van der Waals surface area contributed by atoms with E-state index in [1.54, 1.807) is 48.5 Å². The van der Waals surface area contributed by atoms with E-state index in [9.17, 15) is 9.90 Å². The number of H-pyrrole nitrogens is 1. The molecule has 0 spiro atoms. The lowest BCUT2D eigenvalue weighted by Crippen LogP contribution is -2.20. The van der Waals surface area contributed by atoms with Gasteiger partial charge < -0.3 is 5.11 Å². The van der Waals surface area contributed by atoms with Gasteiger partial charge in [-0.25, -0.2) is 9.56 Å². The van der Waals surface area contributed by atoms with Gasteiger partial charge in [-0.05, 0) is 29.5 Å². The zero-order valence-electron chi connectivity index (χ0n) is 13.2. The van der Waals surface area contributed by atoms with Crippen LogP contribution in [0.2, 0.25) is 5.02 Å². The van der Waals surface area contributed by atoms with Gasteiger partial charge in [-0.2, -0.15) is 5.21 Å². The second-order valence-electron chi connectivity index (χ2n) is 5.37. The molecule has 0 aliphatic carbocycles. The molecule has 0 aliphatic heterocycles. The first-order chi connectivity index (χ1) is 12.6. The first-order valence-corrected chi connectivity index (χ1v) is 7.93. The van der Waals surface area contributed by atoms with E-state index in [1.807, 2.05) is 0 Å². The number of pyridine rings is 1. The first-order valence-electron chi connectivity index (χ1n) is 7.55. The summed E-state index contributed by atoms with van der Waals surface area (Å²) in [7, 11) is 0. The van der Waals surface area contributed by atoms with Gasteiger partial charge >= 0.3 is 0 Å². The summed E-state index contributed by atoms with van der Waals surface area (Å²) in [6.45, 7) is 0. The molecule has 0 saturated carbocycles. The van der Waals surface area contributed by atoms with Gasteiger partial charge in [0.2, 0.25) is 5.88 Å². The van der Waals surface area contributed by atoms with Crippen LogP contribution in [0.3, 0.4) is 0 Å². The highest BCUT2D eigenvalue weighted by atomic mass is 35.5. The Morgan fingerprint density at radius 3 is 2.69 bits per heavy atom. The molecule has 0 bridgehead atoms. The van der Waals surface area contributed by atoms with E-state index in [4.69, 9.17) is 11.6 Å². The molecule has 2 heterocycles. The smallest absolute Gasteiger partial charge is 0.288 e. The number of hydrogen-bond acceptors (Lipinski definition) is 6. The van der Waals surface area contributed by atoms with E-state index < -0.39 is 0 Å². The maximum Gasteiger partial charge on any atom is 0.288 e. The molecule has 0 radical (unpaired) electrons. The lowest BCUT2D eigenvalue weighted by molar-refractivity contribution is 0.436. The van der Waals surface area contributed by atoms with Crippen LogP contribution >= 0.6 is 11.6 Å². The predicted molar refractivity (Wildman–Crippen MR) is 97.7 cm³/mol. The van der Waals surface area contributed by atoms with Crippen LogP contribution in [0, 0.1) is 0 Å². The number of nitrogens with zero attached hydrogens (tertiary/aromatic N) is 5. The molecule has 9 heteroatoms. The fraction of sp³-hybridized carbons (Fsp3) is 0. The minimum atomic E-state index is -0.364. The van der Waals surface area contributed by atoms with E-state index in [0.29, 0.717) is 27.0 Å². The van der Waals surface area contributed by atoms with Gasteiger partial charge in [0.1, 0.15) is 0 Å². The Hall–Kier alpha value is -3.52. The molecular formula is C17H11ClN6O2. The van der Waals surface area contributed by atoms with Crippen molar-refractivity contribution in [3.8, 4) is 11.6 Å². The third-order valence-corrected chi connectivity index (χ3v) is 4.05. The van der Waals surface area contributed by atoms with E-state index in [-0.39, 0.29) is 17.4 Å². The lowest BCUT2D eigenvalue weighted by atomic mass is 10.1. The third kappa shape index (κ3) is 2.72. The molecule has 0 fully saturated rings. The molecule has 0 aliphatic rings. The molecule has 2 aromatic heterocycles. The van der Waals surface area contributed by atoms with E-state index in [0.717, 1.165) is 0 Å². The highest BCUT2D eigenvalue weighted by molar-refractivity contribution is 6.30. The van der Waals surface area contributed by atoms with E-state index >= 15 is 0 Å². The summed E-state index contributed by atoms with van der Waals surface area (Å²) in [5.41, 5.74) is 0.432. The van der Waals surface area contributed by atoms with Crippen LogP contribution < -0.4 is 5.56 Å². The van der Waals surface area contributed by atoms with Crippen molar-refractivity contribution >= 4 is 34.5 Å². The van der Waals surface area contributed by atoms with Gasteiger partial charge in [-0.3, -0.25) is 4.79 Å². The molecule has 8 nitrogen and oxygen atoms in total. The Bertz CT molecular complexity index is 1180. The zero-order valence-corrected chi connectivity index (χ0v) is 13.9. The molecule has 128 valence electrons. The maximum atomic E-state index is 12.9. The summed E-state index contributed by atoms with van der Waals surface area (Å²) >= 11 is 6.04. The molecule has 4 rings (SSSR count). The summed E-state index contributed by atoms with van der Waals surface area (Å²) in [6.07, 6.45) is 1.39. The number of fused-ring (bicyclic) bond motifs is 1. The number of aromatic nitrogens is 5. The predicted octanol–water partition coefficient (Wildman–Crippen LogP) is 2.61. The number of benzene rings is 2. The van der Waals surface area contributed by atoms with Gasteiger partial charge in [0.15, 0.2) is 0 Å². The van der Waals surface area contributed by atoms with Crippen molar-refractivity contribution < 1.29 is 5.11 Å². The van der Waals surface area contributed by atoms with Gasteiger partial charge in [-0.1, -0.05) is 41.0 Å². The molecule has 0 atom stereocenters. The summed E-state index contributed by atoms with van der Waals surface area (Å²) in [6, 6.07) is 13.6. The lowest BCUT2D eigenvalue weighted by Gasteiger charge is -2.13. The summed E-state index contributed by atoms with van der Waals surface area (Å²) < 4.78 is 1.19. The van der Waals surface area contributed by atoms with Crippen molar-refractivity contribution in [1.82, 2.24) is 25.2 Å². The number of tetrazole rings is 1. The summed E-state index contributed by atoms with van der Waals surface area (Å²) in [5.74, 6) is -0.155. The van der Waals surface area contributed by atoms with Gasteiger partial charge in [0.25, 0.3) is 11.5 Å². The third-order valence-electron chi connectivity index (χ3n) is 3.81. The highest BCUT2D eigenvalue weighted by Gasteiger charge is 2.16. The first kappa shape index (κ1) is 16.0. The van der Waals surface area contributed by atoms with Crippen LogP contribution in [-0.2, 0) is 0 Å². The Kier molecular flexibility index (Phi) is 3.94.